The van der Waals surface area contributed by atoms with Crippen LogP contribution in [0.25, 0.3) is 0 Å². The molecule has 88 valence electrons. The Balaban J connectivity index is 2.05. The Hall–Kier alpha value is -1.02. The molecule has 1 aromatic carbocycles. The fraction of sp³-hybridized carbons (Fsp3) is 0.571. The molecule has 2 nitrogen and oxygen atoms in total. The second-order valence-corrected chi connectivity index (χ2v) is 5.69. The summed E-state index contributed by atoms with van der Waals surface area (Å²) in [5.41, 5.74) is 4.18. The zero-order valence-electron chi connectivity index (χ0n) is 10.7. The molecule has 1 aliphatic rings. The quantitative estimate of drug-likeness (QED) is 0.797. The van der Waals surface area contributed by atoms with Gasteiger partial charge in [0.05, 0.1) is 0 Å². The Bertz CT molecular complexity index is 362. The number of aryl methyl sites for hydroxylation is 2. The molecule has 0 spiro atoms. The lowest BCUT2D eigenvalue weighted by molar-refractivity contribution is 0.457. The molecule has 1 unspecified atom stereocenters. The second kappa shape index (κ2) is 4.10. The fourth-order valence-corrected chi connectivity index (χ4v) is 2.56. The minimum Gasteiger partial charge on any atom is -0.381 e. The maximum atomic E-state index is 3.62. The van der Waals surface area contributed by atoms with E-state index in [1.165, 1.54) is 23.2 Å². The van der Waals surface area contributed by atoms with Crippen LogP contribution in [0.15, 0.2) is 18.2 Å². The van der Waals surface area contributed by atoms with Crippen LogP contribution in [0.2, 0.25) is 0 Å². The molecule has 2 heteroatoms. The van der Waals surface area contributed by atoms with E-state index in [0.717, 1.165) is 6.54 Å². The van der Waals surface area contributed by atoms with Gasteiger partial charge in [0.2, 0.25) is 0 Å². The SMILES string of the molecule is Cc1cc(C)cc(NC2CNC(C)(C)C2)c1. The number of nitrogens with one attached hydrogen (secondary N) is 2. The third kappa shape index (κ3) is 2.76. The van der Waals surface area contributed by atoms with Crippen molar-refractivity contribution in [2.24, 2.45) is 0 Å². The highest BCUT2D eigenvalue weighted by atomic mass is 15.1. The predicted octanol–water partition coefficient (Wildman–Crippen LogP) is 2.86. The van der Waals surface area contributed by atoms with Crippen LogP contribution >= 0.6 is 0 Å². The summed E-state index contributed by atoms with van der Waals surface area (Å²) in [6.45, 7) is 9.87. The van der Waals surface area contributed by atoms with Crippen molar-refractivity contribution in [1.29, 1.82) is 0 Å². The molecule has 0 aliphatic carbocycles. The Labute approximate surface area is 98.4 Å². The first kappa shape index (κ1) is 11.5. The summed E-state index contributed by atoms with van der Waals surface area (Å²) in [4.78, 5) is 0. The average Bonchev–Trinajstić information content (AvgIpc) is 2.43. The first-order valence-corrected chi connectivity index (χ1v) is 6.04. The van der Waals surface area contributed by atoms with E-state index in [4.69, 9.17) is 0 Å². The van der Waals surface area contributed by atoms with Crippen LogP contribution in [0.3, 0.4) is 0 Å². The van der Waals surface area contributed by atoms with Gasteiger partial charge in [0.25, 0.3) is 0 Å². The smallest absolute Gasteiger partial charge is 0.0403 e. The molecule has 2 rings (SSSR count). The lowest BCUT2D eigenvalue weighted by Crippen LogP contribution is -2.31. The van der Waals surface area contributed by atoms with E-state index in [0.29, 0.717) is 6.04 Å². The number of hydrogen-bond donors (Lipinski definition) is 2. The topological polar surface area (TPSA) is 24.1 Å². The van der Waals surface area contributed by atoms with Gasteiger partial charge < -0.3 is 10.6 Å². The van der Waals surface area contributed by atoms with E-state index < -0.39 is 0 Å². The average molecular weight is 218 g/mol. The Morgan fingerprint density at radius 2 is 1.81 bits per heavy atom. The van der Waals surface area contributed by atoms with Crippen molar-refractivity contribution in [1.82, 2.24) is 5.32 Å². The molecule has 0 aromatic heterocycles. The Kier molecular flexibility index (Phi) is 2.94. The van der Waals surface area contributed by atoms with Crippen molar-refractivity contribution >= 4 is 5.69 Å². The summed E-state index contributed by atoms with van der Waals surface area (Å²) in [6.07, 6.45) is 1.18. The molecular weight excluding hydrogens is 196 g/mol. The van der Waals surface area contributed by atoms with Gasteiger partial charge in [-0.3, -0.25) is 0 Å². The largest absolute Gasteiger partial charge is 0.381 e. The molecule has 16 heavy (non-hydrogen) atoms. The van der Waals surface area contributed by atoms with Crippen molar-refractivity contribution in [2.45, 2.75) is 45.7 Å². The number of benzene rings is 1. The summed E-state index contributed by atoms with van der Waals surface area (Å²) in [7, 11) is 0. The van der Waals surface area contributed by atoms with Gasteiger partial charge in [-0.25, -0.2) is 0 Å². The molecule has 1 heterocycles. The maximum Gasteiger partial charge on any atom is 0.0403 e. The van der Waals surface area contributed by atoms with Crippen LogP contribution in [0.5, 0.6) is 0 Å². The third-order valence-corrected chi connectivity index (χ3v) is 3.18. The second-order valence-electron chi connectivity index (χ2n) is 5.69. The Morgan fingerprint density at radius 3 is 2.31 bits per heavy atom. The minimum absolute atomic E-state index is 0.274. The monoisotopic (exact) mass is 218 g/mol. The van der Waals surface area contributed by atoms with E-state index in [-0.39, 0.29) is 5.54 Å². The zero-order valence-corrected chi connectivity index (χ0v) is 10.7. The summed E-state index contributed by atoms with van der Waals surface area (Å²) in [5.74, 6) is 0. The van der Waals surface area contributed by atoms with Crippen LogP contribution in [-0.4, -0.2) is 18.1 Å². The molecule has 0 radical (unpaired) electrons. The van der Waals surface area contributed by atoms with Crippen LogP contribution in [0.1, 0.15) is 31.4 Å². The van der Waals surface area contributed by atoms with Gasteiger partial charge in [0.15, 0.2) is 0 Å². The van der Waals surface area contributed by atoms with Crippen LogP contribution < -0.4 is 10.6 Å². The van der Waals surface area contributed by atoms with E-state index in [2.05, 4.69) is 56.5 Å². The van der Waals surface area contributed by atoms with E-state index >= 15 is 0 Å². The van der Waals surface area contributed by atoms with Gasteiger partial charge in [-0.05, 0) is 57.4 Å². The lowest BCUT2D eigenvalue weighted by Gasteiger charge is -2.18. The van der Waals surface area contributed by atoms with Crippen LogP contribution in [0.4, 0.5) is 5.69 Å². The van der Waals surface area contributed by atoms with Crippen molar-refractivity contribution in [3.63, 3.8) is 0 Å². The maximum absolute atomic E-state index is 3.62. The first-order valence-electron chi connectivity index (χ1n) is 6.04. The van der Waals surface area contributed by atoms with Crippen molar-refractivity contribution in [2.75, 3.05) is 11.9 Å². The van der Waals surface area contributed by atoms with Gasteiger partial charge >= 0.3 is 0 Å². The predicted molar refractivity (Wildman–Crippen MR) is 70.0 cm³/mol. The highest BCUT2D eigenvalue weighted by Gasteiger charge is 2.29. The van der Waals surface area contributed by atoms with E-state index in [1.807, 2.05) is 0 Å². The molecule has 1 aromatic rings. The van der Waals surface area contributed by atoms with Gasteiger partial charge in [-0.2, -0.15) is 0 Å². The molecule has 1 saturated heterocycles. The van der Waals surface area contributed by atoms with Gasteiger partial charge in [-0.15, -0.1) is 0 Å². The summed E-state index contributed by atoms with van der Waals surface area (Å²) in [6, 6.07) is 7.20. The first-order chi connectivity index (χ1) is 7.44. The number of hydrogen-bond acceptors (Lipinski definition) is 2. The zero-order chi connectivity index (χ0) is 11.8. The highest BCUT2D eigenvalue weighted by molar-refractivity contribution is 5.49. The van der Waals surface area contributed by atoms with Gasteiger partial charge in [0.1, 0.15) is 0 Å². The molecule has 1 aliphatic heterocycles. The van der Waals surface area contributed by atoms with Gasteiger partial charge in [0, 0.05) is 23.8 Å². The van der Waals surface area contributed by atoms with Crippen LogP contribution in [-0.2, 0) is 0 Å². The van der Waals surface area contributed by atoms with Crippen LogP contribution in [0, 0.1) is 13.8 Å². The summed E-state index contributed by atoms with van der Waals surface area (Å²) >= 11 is 0. The summed E-state index contributed by atoms with van der Waals surface area (Å²) in [5, 5.41) is 7.15. The number of anilines is 1. The van der Waals surface area contributed by atoms with E-state index in [1.54, 1.807) is 0 Å². The molecular formula is C14H22N2. The lowest BCUT2D eigenvalue weighted by atomic mass is 10.0. The molecule has 1 fully saturated rings. The fourth-order valence-electron chi connectivity index (χ4n) is 2.56. The van der Waals surface area contributed by atoms with Crippen molar-refractivity contribution in [3.05, 3.63) is 29.3 Å². The van der Waals surface area contributed by atoms with Crippen molar-refractivity contribution in [3.8, 4) is 0 Å². The highest BCUT2D eigenvalue weighted by Crippen LogP contribution is 2.22. The molecule has 1 atom stereocenters. The molecule has 0 amide bonds. The number of rotatable bonds is 2. The third-order valence-electron chi connectivity index (χ3n) is 3.18. The standard InChI is InChI=1S/C14H22N2/c1-10-5-11(2)7-12(6-10)16-13-8-14(3,4)15-9-13/h5-7,13,15-16H,8-9H2,1-4H3. The normalized spacial score (nSPS) is 23.4. The van der Waals surface area contributed by atoms with Crippen molar-refractivity contribution < 1.29 is 0 Å². The molecule has 0 bridgehead atoms. The Morgan fingerprint density at radius 1 is 1.19 bits per heavy atom. The van der Waals surface area contributed by atoms with E-state index in [9.17, 15) is 0 Å². The molecule has 2 N–H and O–H groups in total. The molecule has 0 saturated carbocycles. The summed E-state index contributed by atoms with van der Waals surface area (Å²) < 4.78 is 0. The van der Waals surface area contributed by atoms with Gasteiger partial charge in [-0.1, -0.05) is 6.07 Å². The minimum atomic E-state index is 0.274.